The van der Waals surface area contributed by atoms with Crippen molar-refractivity contribution in [3.8, 4) is 5.75 Å². The van der Waals surface area contributed by atoms with Crippen LogP contribution in [0, 0.1) is 6.92 Å². The highest BCUT2D eigenvalue weighted by atomic mass is 16.5. The van der Waals surface area contributed by atoms with Crippen molar-refractivity contribution < 1.29 is 14.0 Å². The van der Waals surface area contributed by atoms with E-state index in [1.807, 2.05) is 55.6 Å². The van der Waals surface area contributed by atoms with Gasteiger partial charge in [0.05, 0.1) is 27.2 Å². The number of hydrogen-bond donors (Lipinski definition) is 0. The van der Waals surface area contributed by atoms with Gasteiger partial charge < -0.3 is 14.1 Å². The summed E-state index contributed by atoms with van der Waals surface area (Å²) in [6.07, 6.45) is 0. The molecule has 0 spiro atoms. The van der Waals surface area contributed by atoms with E-state index in [1.165, 1.54) is 5.56 Å². The van der Waals surface area contributed by atoms with E-state index >= 15 is 0 Å². The third-order valence-electron chi connectivity index (χ3n) is 4.36. The highest BCUT2D eigenvalue weighted by molar-refractivity contribution is 5.93. The Hall–Kier alpha value is -2.33. The number of ether oxygens (including phenoxy) is 1. The summed E-state index contributed by atoms with van der Waals surface area (Å²) in [6, 6.07) is 17.5. The predicted octanol–water partition coefficient (Wildman–Crippen LogP) is 3.22. The topological polar surface area (TPSA) is 29.5 Å². The van der Waals surface area contributed by atoms with Crippen molar-refractivity contribution in [2.24, 2.45) is 0 Å². The van der Waals surface area contributed by atoms with Gasteiger partial charge in [-0.15, -0.1) is 0 Å². The van der Waals surface area contributed by atoms with Crippen LogP contribution >= 0.6 is 0 Å². The number of nitrogens with zero attached hydrogens (tertiary/aromatic N) is 2. The van der Waals surface area contributed by atoms with Crippen molar-refractivity contribution in [1.29, 1.82) is 0 Å². The van der Waals surface area contributed by atoms with Gasteiger partial charge in [0.2, 0.25) is 0 Å². The maximum absolute atomic E-state index is 12.4. The molecule has 0 bridgehead atoms. The fraction of sp³-hybridized carbons (Fsp3) is 0.381. The van der Waals surface area contributed by atoms with Gasteiger partial charge in [-0.3, -0.25) is 4.79 Å². The molecule has 0 aliphatic rings. The third kappa shape index (κ3) is 6.24. The molecule has 134 valence electrons. The van der Waals surface area contributed by atoms with Crippen LogP contribution in [0.2, 0.25) is 0 Å². The lowest BCUT2D eigenvalue weighted by Crippen LogP contribution is -2.47. The summed E-state index contributed by atoms with van der Waals surface area (Å²) in [5.74, 6) is 0.980. The highest BCUT2D eigenvalue weighted by Gasteiger charge is 2.18. The fourth-order valence-electron chi connectivity index (χ4n) is 2.55. The molecule has 1 amide bonds. The van der Waals surface area contributed by atoms with Crippen LogP contribution in [0.25, 0.3) is 0 Å². The molecule has 2 aromatic rings. The molecule has 25 heavy (non-hydrogen) atoms. The number of likely N-dealkylation sites (N-methyl/N-ethyl adjacent to an activating group) is 2. The average molecular weight is 341 g/mol. The number of carbonyl (C=O) groups is 1. The molecule has 0 heterocycles. The first kappa shape index (κ1) is 19.0. The van der Waals surface area contributed by atoms with Gasteiger partial charge in [0.1, 0.15) is 18.9 Å². The summed E-state index contributed by atoms with van der Waals surface area (Å²) < 4.78 is 6.65. The zero-order valence-electron chi connectivity index (χ0n) is 15.7. The van der Waals surface area contributed by atoms with Gasteiger partial charge in [0, 0.05) is 12.6 Å². The summed E-state index contributed by atoms with van der Waals surface area (Å²) in [4.78, 5) is 14.2. The SMILES string of the molecule is Cc1cccc(OCC[N+](C)(C)CCN(C)C(=O)c2ccccc2)c1. The van der Waals surface area contributed by atoms with Crippen LogP contribution in [0.4, 0.5) is 0 Å². The number of rotatable bonds is 8. The van der Waals surface area contributed by atoms with Crippen LogP contribution in [0.15, 0.2) is 54.6 Å². The largest absolute Gasteiger partial charge is 0.488 e. The molecule has 0 aliphatic heterocycles. The Bertz CT molecular complexity index is 683. The lowest BCUT2D eigenvalue weighted by atomic mass is 10.2. The number of aryl methyl sites for hydroxylation is 1. The Kier molecular flexibility index (Phi) is 6.59. The molecule has 0 radical (unpaired) electrons. The quantitative estimate of drug-likeness (QED) is 0.690. The van der Waals surface area contributed by atoms with Crippen LogP contribution in [0.5, 0.6) is 5.75 Å². The molecule has 0 unspecified atom stereocenters. The first-order valence-electron chi connectivity index (χ1n) is 8.69. The van der Waals surface area contributed by atoms with Gasteiger partial charge >= 0.3 is 0 Å². The smallest absolute Gasteiger partial charge is 0.253 e. The molecule has 0 aromatic heterocycles. The molecular weight excluding hydrogens is 312 g/mol. The molecule has 0 atom stereocenters. The normalized spacial score (nSPS) is 11.2. The van der Waals surface area contributed by atoms with Gasteiger partial charge in [-0.1, -0.05) is 30.3 Å². The van der Waals surface area contributed by atoms with E-state index in [0.717, 1.165) is 28.9 Å². The summed E-state index contributed by atoms with van der Waals surface area (Å²) >= 11 is 0. The molecular formula is C21H29N2O2+. The number of amides is 1. The second kappa shape index (κ2) is 8.67. The Morgan fingerprint density at radius 1 is 1.04 bits per heavy atom. The standard InChI is InChI=1S/C21H29N2O2/c1-18-9-8-12-20(17-18)25-16-15-23(3,4)14-13-22(2)21(24)19-10-6-5-7-11-19/h5-12,17H,13-16H2,1-4H3/q+1. The molecule has 0 saturated carbocycles. The fourth-order valence-corrected chi connectivity index (χ4v) is 2.55. The number of carbonyl (C=O) groups excluding carboxylic acids is 1. The maximum atomic E-state index is 12.4. The monoisotopic (exact) mass is 341 g/mol. The molecule has 0 aliphatic carbocycles. The highest BCUT2D eigenvalue weighted by Crippen LogP contribution is 2.12. The summed E-state index contributed by atoms with van der Waals surface area (Å²) in [6.45, 7) is 5.21. The van der Waals surface area contributed by atoms with Gasteiger partial charge in [0.15, 0.2) is 0 Å². The van der Waals surface area contributed by atoms with E-state index < -0.39 is 0 Å². The predicted molar refractivity (Wildman–Crippen MR) is 102 cm³/mol. The lowest BCUT2D eigenvalue weighted by molar-refractivity contribution is -0.889. The zero-order chi connectivity index (χ0) is 18.3. The molecule has 4 heteroatoms. The molecule has 0 fully saturated rings. The second-order valence-electron chi connectivity index (χ2n) is 7.14. The number of benzene rings is 2. The van der Waals surface area contributed by atoms with Crippen LogP contribution in [-0.2, 0) is 0 Å². The van der Waals surface area contributed by atoms with E-state index in [9.17, 15) is 4.79 Å². The van der Waals surface area contributed by atoms with Crippen molar-refractivity contribution in [3.63, 3.8) is 0 Å². The van der Waals surface area contributed by atoms with E-state index in [4.69, 9.17) is 4.74 Å². The molecule has 4 nitrogen and oxygen atoms in total. The summed E-state index contributed by atoms with van der Waals surface area (Å²) in [7, 11) is 6.19. The minimum atomic E-state index is 0.0663. The maximum Gasteiger partial charge on any atom is 0.253 e. The van der Waals surface area contributed by atoms with E-state index in [1.54, 1.807) is 4.90 Å². The molecule has 2 aromatic carbocycles. The Morgan fingerprint density at radius 2 is 1.76 bits per heavy atom. The van der Waals surface area contributed by atoms with E-state index in [2.05, 4.69) is 27.1 Å². The summed E-state index contributed by atoms with van der Waals surface area (Å²) in [5.41, 5.74) is 1.94. The molecule has 0 saturated heterocycles. The minimum absolute atomic E-state index is 0.0663. The van der Waals surface area contributed by atoms with Gasteiger partial charge in [-0.25, -0.2) is 0 Å². The van der Waals surface area contributed by atoms with Crippen LogP contribution in [0.3, 0.4) is 0 Å². The molecule has 2 rings (SSSR count). The number of hydrogen-bond acceptors (Lipinski definition) is 2. The first-order valence-corrected chi connectivity index (χ1v) is 8.69. The first-order chi connectivity index (χ1) is 11.9. The Morgan fingerprint density at radius 3 is 2.44 bits per heavy atom. The van der Waals surface area contributed by atoms with Crippen LogP contribution in [-0.4, -0.2) is 62.7 Å². The second-order valence-corrected chi connectivity index (χ2v) is 7.14. The van der Waals surface area contributed by atoms with Crippen LogP contribution < -0.4 is 4.74 Å². The average Bonchev–Trinajstić information content (AvgIpc) is 2.60. The number of quaternary nitrogens is 1. The van der Waals surface area contributed by atoms with Crippen LogP contribution in [0.1, 0.15) is 15.9 Å². The van der Waals surface area contributed by atoms with Crippen molar-refractivity contribution in [2.75, 3.05) is 47.4 Å². The lowest BCUT2D eigenvalue weighted by Gasteiger charge is -2.31. The Balaban J connectivity index is 1.77. The van der Waals surface area contributed by atoms with Crippen molar-refractivity contribution in [3.05, 3.63) is 65.7 Å². The van der Waals surface area contributed by atoms with Gasteiger partial charge in [0.25, 0.3) is 5.91 Å². The zero-order valence-corrected chi connectivity index (χ0v) is 15.7. The van der Waals surface area contributed by atoms with Crippen molar-refractivity contribution >= 4 is 5.91 Å². The van der Waals surface area contributed by atoms with Crippen molar-refractivity contribution in [2.45, 2.75) is 6.92 Å². The molecule has 0 N–H and O–H groups in total. The van der Waals surface area contributed by atoms with Gasteiger partial charge in [-0.2, -0.15) is 0 Å². The van der Waals surface area contributed by atoms with Crippen molar-refractivity contribution in [1.82, 2.24) is 4.90 Å². The van der Waals surface area contributed by atoms with E-state index in [0.29, 0.717) is 13.2 Å². The van der Waals surface area contributed by atoms with E-state index in [-0.39, 0.29) is 5.91 Å². The third-order valence-corrected chi connectivity index (χ3v) is 4.36. The minimum Gasteiger partial charge on any atom is -0.488 e. The van der Waals surface area contributed by atoms with Gasteiger partial charge in [-0.05, 0) is 36.8 Å². The summed E-state index contributed by atoms with van der Waals surface area (Å²) in [5, 5.41) is 0. The Labute approximate surface area is 151 Å².